The average molecular weight is 437 g/mol. The number of carbonyl (C=O) groups is 1. The first-order valence-corrected chi connectivity index (χ1v) is 11.8. The molecular weight excluding hydrogens is 392 g/mol. The summed E-state index contributed by atoms with van der Waals surface area (Å²) < 4.78 is 16.0. The lowest BCUT2D eigenvalue weighted by Gasteiger charge is -2.29. The highest BCUT2D eigenvalue weighted by Gasteiger charge is 2.28. The molecule has 0 heterocycles. The second kappa shape index (κ2) is 16.1. The number of carbonyl (C=O) groups excluding carboxylic acids is 1. The quantitative estimate of drug-likeness (QED) is 0.245. The Kier molecular flexibility index (Phi) is 14.2. The van der Waals surface area contributed by atoms with Gasteiger partial charge in [-0.2, -0.15) is 0 Å². The van der Waals surface area contributed by atoms with Crippen LogP contribution in [0.15, 0.2) is 30.3 Å². The standard InChI is InChI=1S/C25H44N2O4/c1-6-21-27(22(2)23-17-13-12-14-18-23)24(28)26-20-16-11-9-7-8-10-15-19-25(29-3,30-4)31-5/h12-14,17-18,22H,6-11,15-16,19-21H2,1-5H3,(H,26,28)/t22-/m1/s1. The van der Waals surface area contributed by atoms with Gasteiger partial charge in [0.25, 0.3) is 5.97 Å². The Balaban J connectivity index is 2.17. The summed E-state index contributed by atoms with van der Waals surface area (Å²) in [6.07, 6.45) is 9.59. The van der Waals surface area contributed by atoms with Crippen LogP contribution in [-0.4, -0.2) is 51.3 Å². The molecule has 0 bridgehead atoms. The Hall–Kier alpha value is -1.63. The van der Waals surface area contributed by atoms with Gasteiger partial charge >= 0.3 is 6.03 Å². The van der Waals surface area contributed by atoms with Crippen LogP contribution < -0.4 is 5.32 Å². The van der Waals surface area contributed by atoms with Crippen molar-refractivity contribution in [2.24, 2.45) is 0 Å². The predicted octanol–water partition coefficient (Wildman–Crippen LogP) is 5.88. The van der Waals surface area contributed by atoms with E-state index in [1.165, 1.54) is 24.8 Å². The van der Waals surface area contributed by atoms with Crippen LogP contribution in [0.4, 0.5) is 4.79 Å². The Labute approximate surface area is 189 Å². The van der Waals surface area contributed by atoms with E-state index in [2.05, 4.69) is 31.3 Å². The summed E-state index contributed by atoms with van der Waals surface area (Å²) in [7, 11) is 4.82. The van der Waals surface area contributed by atoms with Crippen molar-refractivity contribution in [1.29, 1.82) is 0 Å². The molecule has 0 saturated carbocycles. The van der Waals surface area contributed by atoms with Crippen molar-refractivity contribution in [3.05, 3.63) is 35.9 Å². The molecule has 1 aromatic rings. The summed E-state index contributed by atoms with van der Waals surface area (Å²) in [5.74, 6) is -0.901. The number of hydrogen-bond donors (Lipinski definition) is 1. The van der Waals surface area contributed by atoms with Crippen LogP contribution in [0.3, 0.4) is 0 Å². The lowest BCUT2D eigenvalue weighted by molar-refractivity contribution is -0.355. The lowest BCUT2D eigenvalue weighted by atomic mass is 10.1. The normalized spacial score (nSPS) is 12.5. The summed E-state index contributed by atoms with van der Waals surface area (Å²) >= 11 is 0. The molecule has 0 aliphatic heterocycles. The second-order valence-corrected chi connectivity index (χ2v) is 8.03. The van der Waals surface area contributed by atoms with E-state index in [0.717, 1.165) is 51.6 Å². The maximum absolute atomic E-state index is 12.7. The van der Waals surface area contributed by atoms with Gasteiger partial charge in [0.1, 0.15) is 0 Å². The smallest absolute Gasteiger partial charge is 0.317 e. The predicted molar refractivity (Wildman–Crippen MR) is 126 cm³/mol. The molecule has 1 atom stereocenters. The Morgan fingerprint density at radius 3 is 2.03 bits per heavy atom. The number of nitrogens with one attached hydrogen (secondary N) is 1. The van der Waals surface area contributed by atoms with E-state index >= 15 is 0 Å². The fourth-order valence-electron chi connectivity index (χ4n) is 3.83. The van der Waals surface area contributed by atoms with Gasteiger partial charge in [-0.3, -0.25) is 0 Å². The SMILES string of the molecule is CCCN(C(=O)NCCCCCCCCCC(OC)(OC)OC)[C@H](C)c1ccccc1. The third-order valence-electron chi connectivity index (χ3n) is 5.84. The van der Waals surface area contributed by atoms with Crippen molar-refractivity contribution in [2.75, 3.05) is 34.4 Å². The maximum atomic E-state index is 12.7. The minimum atomic E-state index is -0.901. The van der Waals surface area contributed by atoms with Gasteiger partial charge in [-0.05, 0) is 31.7 Å². The largest absolute Gasteiger partial charge is 0.338 e. The molecule has 31 heavy (non-hydrogen) atoms. The number of hydrogen-bond acceptors (Lipinski definition) is 4. The average Bonchev–Trinajstić information content (AvgIpc) is 2.81. The minimum Gasteiger partial charge on any atom is -0.338 e. The van der Waals surface area contributed by atoms with E-state index in [1.54, 1.807) is 21.3 Å². The third-order valence-corrected chi connectivity index (χ3v) is 5.84. The number of urea groups is 1. The number of methoxy groups -OCH3 is 3. The van der Waals surface area contributed by atoms with Crippen molar-refractivity contribution in [3.63, 3.8) is 0 Å². The van der Waals surface area contributed by atoms with Crippen molar-refractivity contribution in [1.82, 2.24) is 10.2 Å². The van der Waals surface area contributed by atoms with E-state index < -0.39 is 5.97 Å². The van der Waals surface area contributed by atoms with E-state index in [9.17, 15) is 4.79 Å². The molecule has 1 rings (SSSR count). The van der Waals surface area contributed by atoms with Gasteiger partial charge in [0, 0.05) is 40.8 Å². The molecule has 1 aromatic carbocycles. The highest BCUT2D eigenvalue weighted by Crippen LogP contribution is 2.22. The fraction of sp³-hybridized carbons (Fsp3) is 0.720. The Morgan fingerprint density at radius 2 is 1.48 bits per heavy atom. The number of ether oxygens (including phenoxy) is 3. The molecular formula is C25H44N2O4. The number of unbranched alkanes of at least 4 members (excludes halogenated alkanes) is 6. The summed E-state index contributed by atoms with van der Waals surface area (Å²) in [5.41, 5.74) is 1.17. The summed E-state index contributed by atoms with van der Waals surface area (Å²) in [6, 6.07) is 10.3. The second-order valence-electron chi connectivity index (χ2n) is 8.03. The van der Waals surface area contributed by atoms with Gasteiger partial charge in [-0.1, -0.05) is 69.4 Å². The Bertz CT molecular complexity index is 570. The molecule has 0 saturated heterocycles. The topological polar surface area (TPSA) is 60.0 Å². The highest BCUT2D eigenvalue weighted by atomic mass is 16.9. The van der Waals surface area contributed by atoms with E-state index in [0.29, 0.717) is 0 Å². The monoisotopic (exact) mass is 436 g/mol. The Morgan fingerprint density at radius 1 is 0.935 bits per heavy atom. The van der Waals surface area contributed by atoms with E-state index in [4.69, 9.17) is 14.2 Å². The first-order chi connectivity index (χ1) is 15.0. The van der Waals surface area contributed by atoms with Crippen LogP contribution in [0.1, 0.15) is 83.2 Å². The summed E-state index contributed by atoms with van der Waals surface area (Å²) in [6.45, 7) is 5.70. The van der Waals surface area contributed by atoms with Gasteiger partial charge in [-0.25, -0.2) is 4.79 Å². The molecule has 0 aliphatic carbocycles. The zero-order valence-electron chi connectivity index (χ0n) is 20.3. The van der Waals surface area contributed by atoms with Gasteiger partial charge in [0.2, 0.25) is 0 Å². The summed E-state index contributed by atoms with van der Waals surface area (Å²) in [4.78, 5) is 14.6. The van der Waals surface area contributed by atoms with Crippen molar-refractivity contribution >= 4 is 6.03 Å². The minimum absolute atomic E-state index is 0.0381. The number of amides is 2. The van der Waals surface area contributed by atoms with E-state index in [1.807, 2.05) is 23.1 Å². The molecule has 0 spiro atoms. The van der Waals surface area contributed by atoms with Crippen molar-refractivity contribution in [2.45, 2.75) is 83.6 Å². The molecule has 2 amide bonds. The molecule has 6 nitrogen and oxygen atoms in total. The molecule has 0 aromatic heterocycles. The fourth-order valence-corrected chi connectivity index (χ4v) is 3.83. The maximum Gasteiger partial charge on any atom is 0.317 e. The van der Waals surface area contributed by atoms with Gasteiger partial charge < -0.3 is 24.4 Å². The first kappa shape index (κ1) is 27.4. The zero-order chi connectivity index (χ0) is 23.0. The molecule has 178 valence electrons. The van der Waals surface area contributed by atoms with Crippen molar-refractivity contribution < 1.29 is 19.0 Å². The van der Waals surface area contributed by atoms with Crippen LogP contribution in [0.2, 0.25) is 0 Å². The zero-order valence-corrected chi connectivity index (χ0v) is 20.3. The van der Waals surface area contributed by atoms with Gasteiger partial charge in [0.15, 0.2) is 0 Å². The van der Waals surface area contributed by atoms with Crippen LogP contribution in [0.25, 0.3) is 0 Å². The molecule has 0 radical (unpaired) electrons. The number of benzene rings is 1. The van der Waals surface area contributed by atoms with Crippen LogP contribution >= 0.6 is 0 Å². The van der Waals surface area contributed by atoms with Gasteiger partial charge in [-0.15, -0.1) is 0 Å². The third kappa shape index (κ3) is 10.0. The highest BCUT2D eigenvalue weighted by molar-refractivity contribution is 5.74. The van der Waals surface area contributed by atoms with Crippen LogP contribution in [0, 0.1) is 0 Å². The molecule has 0 fully saturated rings. The van der Waals surface area contributed by atoms with E-state index in [-0.39, 0.29) is 12.1 Å². The first-order valence-electron chi connectivity index (χ1n) is 11.8. The molecule has 6 heteroatoms. The molecule has 1 N–H and O–H groups in total. The van der Waals surface area contributed by atoms with Crippen LogP contribution in [0.5, 0.6) is 0 Å². The summed E-state index contributed by atoms with van der Waals surface area (Å²) in [5, 5.41) is 3.11. The number of rotatable bonds is 17. The van der Waals surface area contributed by atoms with Gasteiger partial charge in [0.05, 0.1) is 6.04 Å². The number of nitrogens with zero attached hydrogens (tertiary/aromatic N) is 1. The van der Waals surface area contributed by atoms with Crippen LogP contribution in [-0.2, 0) is 14.2 Å². The van der Waals surface area contributed by atoms with Crippen molar-refractivity contribution in [3.8, 4) is 0 Å². The molecule has 0 aliphatic rings. The lowest BCUT2D eigenvalue weighted by Crippen LogP contribution is -2.42. The molecule has 0 unspecified atom stereocenters.